The van der Waals surface area contributed by atoms with E-state index < -0.39 is 10.0 Å². The Bertz CT molecular complexity index is 590. The predicted octanol–water partition coefficient (Wildman–Crippen LogP) is 2.20. The molecule has 0 bridgehead atoms. The predicted molar refractivity (Wildman–Crippen MR) is 85.0 cm³/mol. The number of halogens is 3. The Labute approximate surface area is 142 Å². The minimum Gasteiger partial charge on any atom is -0.356 e. The van der Waals surface area contributed by atoms with Gasteiger partial charge in [0.2, 0.25) is 21.6 Å². The maximum atomic E-state index is 11.9. The first-order valence-electron chi connectivity index (χ1n) is 6.48. The van der Waals surface area contributed by atoms with Gasteiger partial charge in [0.1, 0.15) is 0 Å². The van der Waals surface area contributed by atoms with Crippen LogP contribution in [0.2, 0.25) is 0 Å². The molecule has 2 rings (SSSR count). The van der Waals surface area contributed by atoms with Gasteiger partial charge in [-0.2, -0.15) is 0 Å². The monoisotopic (exact) mass is 365 g/mol. The molecule has 0 spiro atoms. The van der Waals surface area contributed by atoms with E-state index >= 15 is 0 Å². The van der Waals surface area contributed by atoms with Crippen LogP contribution in [-0.4, -0.2) is 34.7 Å². The van der Waals surface area contributed by atoms with Gasteiger partial charge in [0.25, 0.3) is 0 Å². The van der Waals surface area contributed by atoms with Crippen LogP contribution in [-0.2, 0) is 13.3 Å². The topological polar surface area (TPSA) is 88.5 Å². The van der Waals surface area contributed by atoms with Crippen molar-refractivity contribution in [3.8, 4) is 0 Å². The summed E-state index contributed by atoms with van der Waals surface area (Å²) in [6.07, 6.45) is 0.859. The summed E-state index contributed by atoms with van der Waals surface area (Å²) in [6.45, 7) is 4.00. The summed E-state index contributed by atoms with van der Waals surface area (Å²) in [7, 11) is 0. The Morgan fingerprint density at radius 3 is 2.82 bits per heavy atom. The summed E-state index contributed by atoms with van der Waals surface area (Å²) in [6, 6.07) is 1.48. The van der Waals surface area contributed by atoms with Crippen LogP contribution in [0.3, 0.4) is 0 Å². The largest absolute Gasteiger partial charge is 0.356 e. The molecule has 7 nitrogen and oxygen atoms in total. The zero-order valence-corrected chi connectivity index (χ0v) is 14.1. The zero-order chi connectivity index (χ0) is 16.3. The third kappa shape index (κ3) is 4.19. The standard InChI is InChI=1S/C12H14Cl3N5O2/c1-3-22-9-6(2)8(21)18-11(19-9)20-10-16-5-4-7(17-10)12(13,14)15/h4-6,9H,3H2,1-2H3,(H2,16,17,18,19,20,21)/t6-,9-/m1/s1. The van der Waals surface area contributed by atoms with Gasteiger partial charge in [0.05, 0.1) is 11.6 Å². The summed E-state index contributed by atoms with van der Waals surface area (Å²) >= 11 is 17.3. The molecule has 0 fully saturated rings. The number of aromatic nitrogens is 2. The summed E-state index contributed by atoms with van der Waals surface area (Å²) < 4.78 is 3.75. The molecule has 1 amide bonds. The smallest absolute Gasteiger partial charge is 0.234 e. The number of alkyl halides is 3. The van der Waals surface area contributed by atoms with E-state index in [1.165, 1.54) is 12.3 Å². The van der Waals surface area contributed by atoms with Gasteiger partial charge in [0.15, 0.2) is 6.23 Å². The highest BCUT2D eigenvalue weighted by Gasteiger charge is 2.30. The van der Waals surface area contributed by atoms with Gasteiger partial charge in [0, 0.05) is 12.8 Å². The van der Waals surface area contributed by atoms with E-state index in [0.29, 0.717) is 6.61 Å². The number of carbonyl (C=O) groups excluding carboxylic acids is 1. The molecule has 10 heteroatoms. The van der Waals surface area contributed by atoms with Gasteiger partial charge >= 0.3 is 0 Å². The molecule has 0 radical (unpaired) electrons. The maximum absolute atomic E-state index is 11.9. The number of carbonyl (C=O) groups is 1. The Balaban J connectivity index is 2.19. The van der Waals surface area contributed by atoms with Crippen LogP contribution in [0, 0.1) is 5.92 Å². The number of hydrogen-bond acceptors (Lipinski definition) is 6. The number of hydrogen-bond donors (Lipinski definition) is 2. The van der Waals surface area contributed by atoms with Crippen LogP contribution in [0.15, 0.2) is 17.3 Å². The van der Waals surface area contributed by atoms with Gasteiger partial charge in [-0.15, -0.1) is 0 Å². The number of nitrogens with one attached hydrogen (secondary N) is 2. The number of rotatable bonds is 3. The first-order valence-corrected chi connectivity index (χ1v) is 7.62. The molecule has 1 aliphatic rings. The van der Waals surface area contributed by atoms with Gasteiger partial charge < -0.3 is 4.74 Å². The van der Waals surface area contributed by atoms with Crippen molar-refractivity contribution in [3.05, 3.63) is 18.0 Å². The third-order valence-electron chi connectivity index (χ3n) is 2.85. The second kappa shape index (κ2) is 6.95. The average molecular weight is 367 g/mol. The van der Waals surface area contributed by atoms with Gasteiger partial charge in [-0.05, 0) is 19.9 Å². The quantitative estimate of drug-likeness (QED) is 0.801. The summed E-state index contributed by atoms with van der Waals surface area (Å²) in [5.41, 5.74) is 0.201. The minimum atomic E-state index is -1.67. The number of anilines is 1. The highest BCUT2D eigenvalue weighted by molar-refractivity contribution is 6.66. The third-order valence-corrected chi connectivity index (χ3v) is 3.43. The fraction of sp³-hybridized carbons (Fsp3) is 0.500. The molecule has 0 unspecified atom stereocenters. The number of amides is 1. The molecule has 22 heavy (non-hydrogen) atoms. The van der Waals surface area contributed by atoms with Gasteiger partial charge in [-0.25, -0.2) is 15.0 Å². The average Bonchev–Trinajstić information content (AvgIpc) is 2.44. The Morgan fingerprint density at radius 2 is 2.18 bits per heavy atom. The van der Waals surface area contributed by atoms with Crippen LogP contribution >= 0.6 is 34.8 Å². The van der Waals surface area contributed by atoms with E-state index in [-0.39, 0.29) is 29.4 Å². The van der Waals surface area contributed by atoms with E-state index in [1.807, 2.05) is 6.92 Å². The van der Waals surface area contributed by atoms with Crippen molar-refractivity contribution in [1.82, 2.24) is 15.3 Å². The fourth-order valence-electron chi connectivity index (χ4n) is 1.73. The van der Waals surface area contributed by atoms with Crippen molar-refractivity contribution in [2.75, 3.05) is 11.9 Å². The minimum absolute atomic E-state index is 0.146. The van der Waals surface area contributed by atoms with Crippen molar-refractivity contribution in [1.29, 1.82) is 0 Å². The lowest BCUT2D eigenvalue weighted by atomic mass is 10.1. The van der Waals surface area contributed by atoms with Gasteiger partial charge in [-0.1, -0.05) is 34.8 Å². The second-order valence-electron chi connectivity index (χ2n) is 4.49. The Kier molecular flexibility index (Phi) is 5.44. The number of aliphatic imine (C=N–C) groups is 1. The first kappa shape index (κ1) is 17.2. The molecular formula is C12H14Cl3N5O2. The molecule has 0 aromatic carbocycles. The van der Waals surface area contributed by atoms with E-state index in [1.54, 1.807) is 6.92 Å². The van der Waals surface area contributed by atoms with Crippen LogP contribution in [0.5, 0.6) is 0 Å². The van der Waals surface area contributed by atoms with Crippen LogP contribution < -0.4 is 10.6 Å². The summed E-state index contributed by atoms with van der Waals surface area (Å²) in [5.74, 6) is -0.275. The molecule has 0 saturated heterocycles. The van der Waals surface area contributed by atoms with Gasteiger partial charge in [-0.3, -0.25) is 15.4 Å². The highest BCUT2D eigenvalue weighted by Crippen LogP contribution is 2.36. The summed E-state index contributed by atoms with van der Waals surface area (Å²) in [5, 5.41) is 5.37. The molecule has 1 aliphatic heterocycles. The van der Waals surface area contributed by atoms with Crippen molar-refractivity contribution < 1.29 is 9.53 Å². The van der Waals surface area contributed by atoms with Crippen LogP contribution in [0.4, 0.5) is 5.95 Å². The Hall–Kier alpha value is -1.15. The lowest BCUT2D eigenvalue weighted by Crippen LogP contribution is -2.48. The van der Waals surface area contributed by atoms with Crippen molar-refractivity contribution >= 4 is 52.6 Å². The number of guanidine groups is 1. The number of nitrogens with zero attached hydrogens (tertiary/aromatic N) is 3. The second-order valence-corrected chi connectivity index (χ2v) is 6.77. The normalized spacial score (nSPS) is 22.0. The lowest BCUT2D eigenvalue weighted by Gasteiger charge is -2.26. The lowest BCUT2D eigenvalue weighted by molar-refractivity contribution is -0.128. The van der Waals surface area contributed by atoms with E-state index in [2.05, 4.69) is 25.6 Å². The van der Waals surface area contributed by atoms with Crippen molar-refractivity contribution in [3.63, 3.8) is 0 Å². The van der Waals surface area contributed by atoms with Crippen LogP contribution in [0.1, 0.15) is 19.5 Å². The molecule has 2 heterocycles. The molecule has 0 aliphatic carbocycles. The number of ether oxygens (including phenoxy) is 1. The van der Waals surface area contributed by atoms with E-state index in [9.17, 15) is 4.79 Å². The van der Waals surface area contributed by atoms with Crippen molar-refractivity contribution in [2.45, 2.75) is 23.9 Å². The van der Waals surface area contributed by atoms with Crippen molar-refractivity contribution in [2.24, 2.45) is 10.9 Å². The van der Waals surface area contributed by atoms with Crippen LogP contribution in [0.25, 0.3) is 0 Å². The molecule has 2 N–H and O–H groups in total. The maximum Gasteiger partial charge on any atom is 0.234 e. The molecule has 1 aromatic rings. The first-order chi connectivity index (χ1) is 10.3. The van der Waals surface area contributed by atoms with E-state index in [0.717, 1.165) is 0 Å². The molecular weight excluding hydrogens is 353 g/mol. The summed E-state index contributed by atoms with van der Waals surface area (Å²) in [4.78, 5) is 24.2. The zero-order valence-electron chi connectivity index (χ0n) is 11.8. The fourth-order valence-corrected chi connectivity index (χ4v) is 2.05. The highest BCUT2D eigenvalue weighted by atomic mass is 35.6. The molecule has 1 aromatic heterocycles. The molecule has 2 atom stereocenters. The molecule has 0 saturated carbocycles. The SMILES string of the molecule is CCO[C@H]1N=C(Nc2nccc(C(Cl)(Cl)Cl)n2)NC(=O)[C@H]1C. The van der Waals surface area contributed by atoms with E-state index in [4.69, 9.17) is 39.5 Å². The molecule has 120 valence electrons. The Morgan fingerprint density at radius 1 is 1.45 bits per heavy atom.